The van der Waals surface area contributed by atoms with E-state index in [-0.39, 0.29) is 17.2 Å². The molecule has 0 bridgehead atoms. The summed E-state index contributed by atoms with van der Waals surface area (Å²) in [5.74, 6) is -0.542. The van der Waals surface area contributed by atoms with E-state index in [2.05, 4.69) is 10.6 Å². The molecule has 2 aromatic rings. The van der Waals surface area contributed by atoms with Gasteiger partial charge >= 0.3 is 0 Å². The van der Waals surface area contributed by atoms with Crippen LogP contribution in [0.2, 0.25) is 0 Å². The zero-order valence-electron chi connectivity index (χ0n) is 20.2. The number of fused-ring (bicyclic) bond motifs is 1. The first-order chi connectivity index (χ1) is 16.7. The maximum atomic E-state index is 13.7. The molecule has 2 amide bonds. The van der Waals surface area contributed by atoms with Crippen LogP contribution in [-0.2, 0) is 9.84 Å². The van der Waals surface area contributed by atoms with Gasteiger partial charge in [0.1, 0.15) is 9.84 Å². The predicted octanol–water partition coefficient (Wildman–Crippen LogP) is 2.64. The molecule has 2 aromatic carbocycles. The third kappa shape index (κ3) is 5.28. The Hall–Kier alpha value is -3.11. The smallest absolute Gasteiger partial charge is 0.264 e. The second-order valence-corrected chi connectivity index (χ2v) is 11.0. The summed E-state index contributed by atoms with van der Waals surface area (Å²) in [5.41, 5.74) is 1.62. The van der Waals surface area contributed by atoms with Crippen LogP contribution >= 0.6 is 0 Å². The second-order valence-electron chi connectivity index (χ2n) is 8.83. The Balaban J connectivity index is 1.74. The van der Waals surface area contributed by atoms with Crippen LogP contribution in [0.15, 0.2) is 36.4 Å². The van der Waals surface area contributed by atoms with Crippen molar-refractivity contribution in [2.45, 2.75) is 31.8 Å². The highest BCUT2D eigenvalue weighted by molar-refractivity contribution is 7.90. The van der Waals surface area contributed by atoms with Gasteiger partial charge in [-0.15, -0.1) is 0 Å². The molecule has 188 valence electrons. The Kier molecular flexibility index (Phi) is 7.32. The lowest BCUT2D eigenvalue weighted by atomic mass is 10.0. The second kappa shape index (κ2) is 10.2. The number of piperidine rings is 1. The molecule has 2 aliphatic heterocycles. The molecular weight excluding hydrogens is 470 g/mol. The fraction of sp³-hybridized carbons (Fsp3) is 0.440. The van der Waals surface area contributed by atoms with E-state index in [0.717, 1.165) is 37.1 Å². The summed E-state index contributed by atoms with van der Waals surface area (Å²) < 4.78 is 35.8. The number of hydrogen-bond acceptors (Lipinski definition) is 8. The quantitative estimate of drug-likeness (QED) is 0.504. The predicted molar refractivity (Wildman–Crippen MR) is 133 cm³/mol. The number of carbonyl (C=O) groups excluding carboxylic acids is 2. The van der Waals surface area contributed by atoms with Crippen molar-refractivity contribution in [2.75, 3.05) is 44.1 Å². The van der Waals surface area contributed by atoms with Gasteiger partial charge in [0.05, 0.1) is 36.6 Å². The summed E-state index contributed by atoms with van der Waals surface area (Å²) in [7, 11) is -2.05. The molecule has 0 unspecified atom stereocenters. The van der Waals surface area contributed by atoms with Gasteiger partial charge in [0, 0.05) is 18.0 Å². The topological polar surface area (TPSA) is 114 Å². The summed E-state index contributed by atoms with van der Waals surface area (Å²) in [6.07, 6.45) is 2.89. The number of ether oxygens (including phenoxy) is 2. The minimum Gasteiger partial charge on any atom is -0.493 e. The minimum absolute atomic E-state index is 0.182. The molecule has 0 saturated carbocycles. The summed E-state index contributed by atoms with van der Waals surface area (Å²) in [6.45, 7) is 3.94. The van der Waals surface area contributed by atoms with E-state index >= 15 is 0 Å². The van der Waals surface area contributed by atoms with Crippen molar-refractivity contribution in [3.8, 4) is 11.5 Å². The third-order valence-electron chi connectivity index (χ3n) is 6.29. The average molecular weight is 502 g/mol. The molecule has 0 aromatic heterocycles. The number of methoxy groups -OCH3 is 1. The fourth-order valence-electron chi connectivity index (χ4n) is 4.67. The van der Waals surface area contributed by atoms with Gasteiger partial charge in [-0.25, -0.2) is 8.42 Å². The van der Waals surface area contributed by atoms with Crippen molar-refractivity contribution >= 4 is 27.3 Å². The first-order valence-corrected chi connectivity index (χ1v) is 13.8. The summed E-state index contributed by atoms with van der Waals surface area (Å²) in [4.78, 5) is 28.3. The lowest BCUT2D eigenvalue weighted by Gasteiger charge is -2.27. The normalized spacial score (nSPS) is 17.3. The molecule has 0 aliphatic carbocycles. The molecule has 9 nitrogen and oxygen atoms in total. The monoisotopic (exact) mass is 501 g/mol. The number of rotatable bonds is 9. The molecule has 35 heavy (non-hydrogen) atoms. The van der Waals surface area contributed by atoms with Crippen molar-refractivity contribution in [1.29, 1.82) is 0 Å². The van der Waals surface area contributed by atoms with Gasteiger partial charge < -0.3 is 20.1 Å². The highest BCUT2D eigenvalue weighted by Crippen LogP contribution is 2.38. The Bertz CT molecular complexity index is 1220. The van der Waals surface area contributed by atoms with Crippen molar-refractivity contribution in [3.63, 3.8) is 0 Å². The zero-order chi connectivity index (χ0) is 25.2. The molecule has 10 heteroatoms. The number of nitrogens with zero attached hydrogens (tertiary/aromatic N) is 1. The van der Waals surface area contributed by atoms with Crippen LogP contribution < -0.4 is 20.1 Å². The van der Waals surface area contributed by atoms with Gasteiger partial charge in [0.2, 0.25) is 0 Å². The molecule has 2 heterocycles. The Morgan fingerprint density at radius 3 is 2.51 bits per heavy atom. The number of benzene rings is 2. The third-order valence-corrected chi connectivity index (χ3v) is 7.21. The minimum atomic E-state index is -3.56. The first kappa shape index (κ1) is 25.0. The van der Waals surface area contributed by atoms with Gasteiger partial charge in [0.25, 0.3) is 11.8 Å². The van der Waals surface area contributed by atoms with Crippen LogP contribution in [0.4, 0.5) is 5.69 Å². The van der Waals surface area contributed by atoms with E-state index in [1.165, 1.54) is 7.11 Å². The molecule has 1 fully saturated rings. The Labute approximate surface area is 205 Å². The average Bonchev–Trinajstić information content (AvgIpc) is 3.08. The SMILES string of the molecule is CCOc1cc([C@@H](CS(C)(=O)=O)N2C(=O)c3cccc(NC4CCNCC4)c3C2=O)ccc1OC. The molecule has 2 aliphatic rings. The van der Waals surface area contributed by atoms with Crippen LogP contribution in [0.25, 0.3) is 0 Å². The van der Waals surface area contributed by atoms with Crippen molar-refractivity contribution < 1.29 is 27.5 Å². The highest BCUT2D eigenvalue weighted by Gasteiger charge is 2.43. The fourth-order valence-corrected chi connectivity index (χ4v) is 5.58. The maximum Gasteiger partial charge on any atom is 0.264 e. The van der Waals surface area contributed by atoms with Crippen molar-refractivity contribution in [3.05, 3.63) is 53.1 Å². The molecule has 1 saturated heterocycles. The van der Waals surface area contributed by atoms with Crippen LogP contribution in [0, 0.1) is 0 Å². The first-order valence-electron chi connectivity index (χ1n) is 11.7. The van der Waals surface area contributed by atoms with E-state index in [9.17, 15) is 18.0 Å². The molecular formula is C25H31N3O6S. The number of amides is 2. The summed E-state index contributed by atoms with van der Waals surface area (Å²) in [5, 5.41) is 6.73. The summed E-state index contributed by atoms with van der Waals surface area (Å²) >= 11 is 0. The Morgan fingerprint density at radius 2 is 1.86 bits per heavy atom. The van der Waals surface area contributed by atoms with Gasteiger partial charge in [-0.3, -0.25) is 14.5 Å². The van der Waals surface area contributed by atoms with Crippen LogP contribution in [0.3, 0.4) is 0 Å². The van der Waals surface area contributed by atoms with Gasteiger partial charge in [-0.1, -0.05) is 12.1 Å². The number of sulfone groups is 1. The number of anilines is 1. The van der Waals surface area contributed by atoms with E-state index in [1.54, 1.807) is 36.4 Å². The van der Waals surface area contributed by atoms with Crippen molar-refractivity contribution in [2.24, 2.45) is 0 Å². The van der Waals surface area contributed by atoms with E-state index < -0.39 is 33.4 Å². The van der Waals surface area contributed by atoms with E-state index in [0.29, 0.717) is 29.4 Å². The molecule has 4 rings (SSSR count). The van der Waals surface area contributed by atoms with Crippen LogP contribution in [-0.4, -0.2) is 70.0 Å². The number of hydrogen-bond donors (Lipinski definition) is 2. The van der Waals surface area contributed by atoms with Gasteiger partial charge in [-0.2, -0.15) is 0 Å². The molecule has 1 atom stereocenters. The van der Waals surface area contributed by atoms with Crippen molar-refractivity contribution in [1.82, 2.24) is 10.2 Å². The van der Waals surface area contributed by atoms with Gasteiger partial charge in [-0.05, 0) is 62.7 Å². The maximum absolute atomic E-state index is 13.7. The molecule has 0 radical (unpaired) electrons. The molecule has 2 N–H and O–H groups in total. The summed E-state index contributed by atoms with van der Waals surface area (Å²) in [6, 6.07) is 9.25. The highest BCUT2D eigenvalue weighted by atomic mass is 32.2. The lowest BCUT2D eigenvalue weighted by molar-refractivity contribution is 0.0597. The zero-order valence-corrected chi connectivity index (χ0v) is 21.0. The van der Waals surface area contributed by atoms with Crippen LogP contribution in [0.1, 0.15) is 52.1 Å². The van der Waals surface area contributed by atoms with Gasteiger partial charge in [0.15, 0.2) is 11.5 Å². The Morgan fingerprint density at radius 1 is 1.11 bits per heavy atom. The number of imide groups is 1. The van der Waals surface area contributed by atoms with E-state index in [1.807, 2.05) is 6.92 Å². The largest absolute Gasteiger partial charge is 0.493 e. The number of carbonyl (C=O) groups is 2. The standard InChI is InChI=1S/C25H31N3O6S/c1-4-34-22-14-16(8-9-21(22)33-2)20(15-35(3,31)32)28-24(29)18-6-5-7-19(23(18)25(28)30)27-17-10-12-26-13-11-17/h5-9,14,17,20,26-27H,4,10-13,15H2,1-3H3/t20-/m1/s1. The molecule has 0 spiro atoms. The van der Waals surface area contributed by atoms with E-state index in [4.69, 9.17) is 9.47 Å². The number of nitrogens with one attached hydrogen (secondary N) is 2. The lowest BCUT2D eigenvalue weighted by Crippen LogP contribution is -2.38. The van der Waals surface area contributed by atoms with Crippen LogP contribution in [0.5, 0.6) is 11.5 Å².